The summed E-state index contributed by atoms with van der Waals surface area (Å²) in [6.07, 6.45) is 1.73. The molecule has 0 fully saturated rings. The van der Waals surface area contributed by atoms with E-state index in [0.29, 0.717) is 17.2 Å². The minimum absolute atomic E-state index is 0.244. The van der Waals surface area contributed by atoms with Gasteiger partial charge in [-0.05, 0) is 41.3 Å². The van der Waals surface area contributed by atoms with Crippen molar-refractivity contribution >= 4 is 33.9 Å². The van der Waals surface area contributed by atoms with Crippen LogP contribution in [-0.4, -0.2) is 19.0 Å². The first-order valence-electron chi connectivity index (χ1n) is 7.94. The number of nitrogens with zero attached hydrogens (tertiary/aromatic N) is 1. The number of halogens is 1. The topological polar surface area (TPSA) is 47.9 Å². The fourth-order valence-electron chi connectivity index (χ4n) is 2.51. The number of carbonyl (C=O) groups excluding carboxylic acids is 1. The third kappa shape index (κ3) is 3.82. The van der Waals surface area contributed by atoms with E-state index in [0.717, 1.165) is 10.0 Å². The van der Waals surface area contributed by atoms with E-state index in [1.807, 2.05) is 24.3 Å². The lowest BCUT2D eigenvalue weighted by atomic mass is 10.0. The van der Waals surface area contributed by atoms with Gasteiger partial charge in [0.25, 0.3) is 0 Å². The van der Waals surface area contributed by atoms with Crippen LogP contribution in [-0.2, 0) is 9.53 Å². The third-order valence-corrected chi connectivity index (χ3v) is 4.41. The Bertz CT molecular complexity index is 867. The van der Waals surface area contributed by atoms with Crippen LogP contribution in [0.15, 0.2) is 57.6 Å². The van der Waals surface area contributed by atoms with Gasteiger partial charge in [-0.2, -0.15) is 0 Å². The molecular formula is C20H18BrNO3. The Morgan fingerprint density at radius 2 is 1.88 bits per heavy atom. The van der Waals surface area contributed by atoms with Crippen molar-refractivity contribution in [3.8, 4) is 5.75 Å². The highest BCUT2D eigenvalue weighted by atomic mass is 79.9. The van der Waals surface area contributed by atoms with Gasteiger partial charge in [0.2, 0.25) is 5.90 Å². The van der Waals surface area contributed by atoms with E-state index >= 15 is 0 Å². The highest BCUT2D eigenvalue weighted by Crippen LogP contribution is 2.28. The molecule has 0 N–H and O–H groups in total. The van der Waals surface area contributed by atoms with Gasteiger partial charge in [-0.1, -0.05) is 54.0 Å². The van der Waals surface area contributed by atoms with Crippen molar-refractivity contribution in [3.63, 3.8) is 0 Å². The summed E-state index contributed by atoms with van der Waals surface area (Å²) < 4.78 is 11.5. The maximum Gasteiger partial charge on any atom is 0.363 e. The van der Waals surface area contributed by atoms with Crippen molar-refractivity contribution in [2.45, 2.75) is 19.8 Å². The Balaban J connectivity index is 1.94. The zero-order valence-electron chi connectivity index (χ0n) is 14.2. The van der Waals surface area contributed by atoms with Gasteiger partial charge in [0.15, 0.2) is 5.70 Å². The first-order chi connectivity index (χ1) is 12.0. The van der Waals surface area contributed by atoms with E-state index in [4.69, 9.17) is 9.47 Å². The maximum atomic E-state index is 12.2. The van der Waals surface area contributed by atoms with Crippen molar-refractivity contribution in [2.75, 3.05) is 7.11 Å². The molecule has 1 aliphatic rings. The molecule has 0 unspecified atom stereocenters. The number of methoxy groups -OCH3 is 1. The van der Waals surface area contributed by atoms with Gasteiger partial charge in [-0.3, -0.25) is 0 Å². The van der Waals surface area contributed by atoms with Crippen LogP contribution in [0.1, 0.15) is 36.5 Å². The van der Waals surface area contributed by atoms with Crippen molar-refractivity contribution in [1.29, 1.82) is 0 Å². The molecule has 1 aliphatic heterocycles. The van der Waals surface area contributed by atoms with Gasteiger partial charge in [0, 0.05) is 4.47 Å². The van der Waals surface area contributed by atoms with Crippen molar-refractivity contribution in [2.24, 2.45) is 4.99 Å². The van der Waals surface area contributed by atoms with Crippen LogP contribution in [0.25, 0.3) is 6.08 Å². The number of aliphatic imine (C=N–C) groups is 1. The molecule has 2 aromatic carbocycles. The van der Waals surface area contributed by atoms with Gasteiger partial charge in [-0.15, -0.1) is 0 Å². The molecule has 0 aromatic heterocycles. The smallest absolute Gasteiger partial charge is 0.363 e. The average Bonchev–Trinajstić information content (AvgIpc) is 2.96. The number of hydrogen-bond donors (Lipinski definition) is 0. The van der Waals surface area contributed by atoms with Crippen LogP contribution >= 0.6 is 15.9 Å². The molecule has 5 heteroatoms. The zero-order chi connectivity index (χ0) is 18.0. The molecule has 0 atom stereocenters. The van der Waals surface area contributed by atoms with Crippen LogP contribution in [0, 0.1) is 0 Å². The van der Waals surface area contributed by atoms with E-state index < -0.39 is 5.97 Å². The predicted octanol–water partition coefficient (Wildman–Crippen LogP) is 4.93. The molecule has 4 nitrogen and oxygen atoms in total. The van der Waals surface area contributed by atoms with Gasteiger partial charge in [-0.25, -0.2) is 9.79 Å². The van der Waals surface area contributed by atoms with Gasteiger partial charge in [0.05, 0.1) is 12.7 Å². The number of hydrogen-bond acceptors (Lipinski definition) is 4. The lowest BCUT2D eigenvalue weighted by molar-refractivity contribution is -0.129. The molecule has 0 bridgehead atoms. The van der Waals surface area contributed by atoms with Crippen molar-refractivity contribution in [1.82, 2.24) is 0 Å². The van der Waals surface area contributed by atoms with Crippen molar-refractivity contribution in [3.05, 3.63) is 69.3 Å². The van der Waals surface area contributed by atoms with E-state index in [-0.39, 0.29) is 11.6 Å². The quantitative estimate of drug-likeness (QED) is 0.541. The SMILES string of the molecule is COc1ccc(Br)cc1C1=NC(=Cc2ccc(C(C)C)cc2)C(=O)O1. The Hall–Kier alpha value is -2.40. The third-order valence-electron chi connectivity index (χ3n) is 3.92. The Morgan fingerprint density at radius 3 is 2.52 bits per heavy atom. The second-order valence-corrected chi connectivity index (χ2v) is 6.92. The molecule has 0 saturated heterocycles. The van der Waals surface area contributed by atoms with Crippen LogP contribution in [0.4, 0.5) is 0 Å². The second kappa shape index (κ2) is 7.23. The number of ether oxygens (including phenoxy) is 2. The molecule has 2 aromatic rings. The number of carbonyl (C=O) groups is 1. The average molecular weight is 400 g/mol. The molecule has 3 rings (SSSR count). The summed E-state index contributed by atoms with van der Waals surface area (Å²) in [6.45, 7) is 4.29. The van der Waals surface area contributed by atoms with Gasteiger partial charge >= 0.3 is 5.97 Å². The number of cyclic esters (lactones) is 1. The second-order valence-electron chi connectivity index (χ2n) is 6.00. The number of benzene rings is 2. The molecule has 1 heterocycles. The molecule has 128 valence electrons. The normalized spacial score (nSPS) is 15.5. The Morgan fingerprint density at radius 1 is 1.16 bits per heavy atom. The molecular weight excluding hydrogens is 382 g/mol. The summed E-state index contributed by atoms with van der Waals surface area (Å²) in [4.78, 5) is 16.5. The standard InChI is InChI=1S/C20H18BrNO3/c1-12(2)14-6-4-13(5-7-14)10-17-20(23)25-19(22-17)16-11-15(21)8-9-18(16)24-3/h4-12H,1-3H3. The number of esters is 1. The summed E-state index contributed by atoms with van der Waals surface area (Å²) in [5.41, 5.74) is 3.06. The monoisotopic (exact) mass is 399 g/mol. The molecule has 0 spiro atoms. The summed E-state index contributed by atoms with van der Waals surface area (Å²) in [6, 6.07) is 13.5. The predicted molar refractivity (Wildman–Crippen MR) is 102 cm³/mol. The van der Waals surface area contributed by atoms with E-state index in [1.54, 1.807) is 19.3 Å². The van der Waals surface area contributed by atoms with Crippen LogP contribution in [0.5, 0.6) is 5.75 Å². The maximum absolute atomic E-state index is 12.2. The first kappa shape index (κ1) is 17.4. The largest absolute Gasteiger partial charge is 0.496 e. The lowest BCUT2D eigenvalue weighted by Crippen LogP contribution is -2.07. The minimum atomic E-state index is -0.468. The number of rotatable bonds is 4. The van der Waals surface area contributed by atoms with Crippen molar-refractivity contribution < 1.29 is 14.3 Å². The summed E-state index contributed by atoms with van der Waals surface area (Å²) in [5.74, 6) is 0.835. The highest BCUT2D eigenvalue weighted by molar-refractivity contribution is 9.10. The first-order valence-corrected chi connectivity index (χ1v) is 8.73. The van der Waals surface area contributed by atoms with E-state index in [1.165, 1.54) is 5.56 Å². The summed E-state index contributed by atoms with van der Waals surface area (Å²) in [5, 5.41) is 0. The molecule has 0 radical (unpaired) electrons. The van der Waals surface area contributed by atoms with Gasteiger partial charge < -0.3 is 9.47 Å². The zero-order valence-corrected chi connectivity index (χ0v) is 15.8. The van der Waals surface area contributed by atoms with E-state index in [9.17, 15) is 4.79 Å². The molecule has 0 amide bonds. The van der Waals surface area contributed by atoms with Crippen LogP contribution in [0.2, 0.25) is 0 Å². The van der Waals surface area contributed by atoms with E-state index in [2.05, 4.69) is 46.9 Å². The Kier molecular flexibility index (Phi) is 5.04. The molecule has 0 saturated carbocycles. The molecule has 25 heavy (non-hydrogen) atoms. The Labute approximate surface area is 155 Å². The minimum Gasteiger partial charge on any atom is -0.496 e. The highest BCUT2D eigenvalue weighted by Gasteiger charge is 2.26. The lowest BCUT2D eigenvalue weighted by Gasteiger charge is -2.07. The van der Waals surface area contributed by atoms with Crippen LogP contribution < -0.4 is 4.74 Å². The summed E-state index contributed by atoms with van der Waals surface area (Å²) in [7, 11) is 1.57. The molecule has 0 aliphatic carbocycles. The van der Waals surface area contributed by atoms with Gasteiger partial charge in [0.1, 0.15) is 5.75 Å². The van der Waals surface area contributed by atoms with Crippen LogP contribution in [0.3, 0.4) is 0 Å². The fourth-order valence-corrected chi connectivity index (χ4v) is 2.87. The fraction of sp³-hybridized carbons (Fsp3) is 0.200. The summed E-state index contributed by atoms with van der Waals surface area (Å²) >= 11 is 3.41.